The van der Waals surface area contributed by atoms with E-state index in [4.69, 9.17) is 11.6 Å². The van der Waals surface area contributed by atoms with Gasteiger partial charge in [0.1, 0.15) is 5.75 Å². The fraction of sp³-hybridized carbons (Fsp3) is 0.222. The summed E-state index contributed by atoms with van der Waals surface area (Å²) >= 11 is 8.58. The van der Waals surface area contributed by atoms with E-state index in [-0.39, 0.29) is 21.7 Å². The van der Waals surface area contributed by atoms with E-state index in [9.17, 15) is 18.0 Å². The Balaban J connectivity index is 2.96. The Morgan fingerprint density at radius 3 is 2.50 bits per heavy atom. The molecule has 1 aromatic rings. The summed E-state index contributed by atoms with van der Waals surface area (Å²) in [7, 11) is 0. The molecule has 88 valence electrons. The molecule has 0 saturated carbocycles. The topological polar surface area (TPSA) is 26.3 Å². The van der Waals surface area contributed by atoms with Crippen LogP contribution in [0.1, 0.15) is 10.4 Å². The van der Waals surface area contributed by atoms with Crippen molar-refractivity contribution in [3.8, 4) is 5.75 Å². The number of ketones is 1. The molecule has 0 aliphatic rings. The molecule has 0 saturated heterocycles. The first kappa shape index (κ1) is 13.3. The molecular weight excluding hydrogens is 312 g/mol. The summed E-state index contributed by atoms with van der Waals surface area (Å²) in [4.78, 5) is 11.2. The quantitative estimate of drug-likeness (QED) is 0.626. The highest BCUT2D eigenvalue weighted by Crippen LogP contribution is 2.27. The molecule has 16 heavy (non-hydrogen) atoms. The minimum absolute atomic E-state index is 0.0478. The Hall–Kier alpha value is -0.750. The third-order valence-corrected chi connectivity index (χ3v) is 2.42. The van der Waals surface area contributed by atoms with E-state index >= 15 is 0 Å². The van der Waals surface area contributed by atoms with Crippen molar-refractivity contribution >= 4 is 33.3 Å². The highest BCUT2D eigenvalue weighted by atomic mass is 79.9. The van der Waals surface area contributed by atoms with Crippen LogP contribution in [-0.4, -0.2) is 17.5 Å². The van der Waals surface area contributed by atoms with Crippen LogP contribution in [0.3, 0.4) is 0 Å². The largest absolute Gasteiger partial charge is 0.573 e. The minimum Gasteiger partial charge on any atom is -0.406 e. The Bertz CT molecular complexity index is 406. The Labute approximate surface area is 102 Å². The van der Waals surface area contributed by atoms with Crippen LogP contribution in [0.5, 0.6) is 5.75 Å². The van der Waals surface area contributed by atoms with Crippen LogP contribution in [0.4, 0.5) is 13.2 Å². The molecule has 2 nitrogen and oxygen atoms in total. The summed E-state index contributed by atoms with van der Waals surface area (Å²) in [5.41, 5.74) is 0.146. The van der Waals surface area contributed by atoms with Gasteiger partial charge in [0.05, 0.1) is 10.4 Å². The van der Waals surface area contributed by atoms with Gasteiger partial charge in [-0.25, -0.2) is 0 Å². The molecule has 0 amide bonds. The molecule has 0 radical (unpaired) electrons. The highest BCUT2D eigenvalue weighted by molar-refractivity contribution is 9.09. The fourth-order valence-electron chi connectivity index (χ4n) is 0.991. The van der Waals surface area contributed by atoms with Crippen LogP contribution in [0, 0.1) is 0 Å². The lowest BCUT2D eigenvalue weighted by atomic mass is 10.1. The predicted molar refractivity (Wildman–Crippen MR) is 56.3 cm³/mol. The first-order chi connectivity index (χ1) is 7.33. The molecule has 0 fully saturated rings. The van der Waals surface area contributed by atoms with E-state index in [1.807, 2.05) is 0 Å². The SMILES string of the molecule is O=C(CBr)c1ccc(OC(F)(F)F)cc1Cl. The Morgan fingerprint density at radius 1 is 1.44 bits per heavy atom. The highest BCUT2D eigenvalue weighted by Gasteiger charge is 2.31. The number of hydrogen-bond donors (Lipinski definition) is 0. The molecule has 0 heterocycles. The van der Waals surface area contributed by atoms with Crippen molar-refractivity contribution in [1.29, 1.82) is 0 Å². The number of halogens is 5. The monoisotopic (exact) mass is 316 g/mol. The minimum atomic E-state index is -4.77. The van der Waals surface area contributed by atoms with Crippen molar-refractivity contribution in [3.05, 3.63) is 28.8 Å². The van der Waals surface area contributed by atoms with Gasteiger partial charge in [-0.2, -0.15) is 0 Å². The van der Waals surface area contributed by atoms with Crippen LogP contribution in [-0.2, 0) is 0 Å². The number of carbonyl (C=O) groups excluding carboxylic acids is 1. The summed E-state index contributed by atoms with van der Waals surface area (Å²) in [5.74, 6) is -0.771. The smallest absolute Gasteiger partial charge is 0.406 e. The van der Waals surface area contributed by atoms with Crippen molar-refractivity contribution in [2.24, 2.45) is 0 Å². The lowest BCUT2D eigenvalue weighted by molar-refractivity contribution is -0.274. The van der Waals surface area contributed by atoms with E-state index in [1.165, 1.54) is 6.07 Å². The summed E-state index contributed by atoms with van der Waals surface area (Å²) in [6.45, 7) is 0. The molecule has 0 unspecified atom stereocenters. The van der Waals surface area contributed by atoms with Crippen molar-refractivity contribution in [1.82, 2.24) is 0 Å². The first-order valence-corrected chi connectivity index (χ1v) is 5.48. The molecule has 1 aromatic carbocycles. The lowest BCUT2D eigenvalue weighted by Gasteiger charge is -2.09. The number of rotatable bonds is 3. The van der Waals surface area contributed by atoms with Crippen LogP contribution < -0.4 is 4.74 Å². The van der Waals surface area contributed by atoms with Gasteiger partial charge < -0.3 is 4.74 Å². The molecular formula is C9H5BrClF3O2. The van der Waals surface area contributed by atoms with Gasteiger partial charge in [0, 0.05) is 5.56 Å². The number of hydrogen-bond acceptors (Lipinski definition) is 2. The predicted octanol–water partition coefficient (Wildman–Crippen LogP) is 3.82. The number of alkyl halides is 4. The number of carbonyl (C=O) groups is 1. The maximum Gasteiger partial charge on any atom is 0.573 e. The van der Waals surface area contributed by atoms with Gasteiger partial charge in [0.2, 0.25) is 0 Å². The van der Waals surface area contributed by atoms with Crippen LogP contribution >= 0.6 is 27.5 Å². The second-order valence-corrected chi connectivity index (χ2v) is 3.71. The standard InChI is InChI=1S/C9H5BrClF3O2/c10-4-8(15)6-2-1-5(3-7(6)11)16-9(12,13)14/h1-3H,4H2. The van der Waals surface area contributed by atoms with Crippen molar-refractivity contribution in [3.63, 3.8) is 0 Å². The van der Waals surface area contributed by atoms with Crippen LogP contribution in [0.25, 0.3) is 0 Å². The van der Waals surface area contributed by atoms with Gasteiger partial charge in [0.15, 0.2) is 5.78 Å². The third kappa shape index (κ3) is 3.68. The third-order valence-electron chi connectivity index (χ3n) is 1.60. The van der Waals surface area contributed by atoms with Crippen molar-refractivity contribution in [2.45, 2.75) is 6.36 Å². The van der Waals surface area contributed by atoms with Gasteiger partial charge >= 0.3 is 6.36 Å². The zero-order valence-corrected chi connectivity index (χ0v) is 9.99. The summed E-state index contributed by atoms with van der Waals surface area (Å²) in [6, 6.07) is 3.17. The van der Waals surface area contributed by atoms with Crippen LogP contribution in [0.15, 0.2) is 18.2 Å². The average molecular weight is 317 g/mol. The molecule has 1 rings (SSSR count). The first-order valence-electron chi connectivity index (χ1n) is 3.98. The molecule has 7 heteroatoms. The second-order valence-electron chi connectivity index (χ2n) is 2.75. The van der Waals surface area contributed by atoms with Crippen LogP contribution in [0.2, 0.25) is 5.02 Å². The summed E-state index contributed by atoms with van der Waals surface area (Å²) in [6.07, 6.45) is -4.77. The molecule has 0 bridgehead atoms. The molecule has 0 spiro atoms. The van der Waals surface area contributed by atoms with Crippen molar-refractivity contribution in [2.75, 3.05) is 5.33 Å². The van der Waals surface area contributed by atoms with Gasteiger partial charge in [-0.05, 0) is 18.2 Å². The van der Waals surface area contributed by atoms with Gasteiger partial charge in [-0.15, -0.1) is 13.2 Å². The van der Waals surface area contributed by atoms with E-state index in [0.717, 1.165) is 12.1 Å². The van der Waals surface area contributed by atoms with E-state index in [0.29, 0.717) is 0 Å². The molecule has 0 aromatic heterocycles. The second kappa shape index (κ2) is 5.05. The van der Waals surface area contributed by atoms with E-state index < -0.39 is 12.1 Å². The molecule has 0 N–H and O–H groups in total. The maximum atomic E-state index is 11.9. The van der Waals surface area contributed by atoms with Gasteiger partial charge in [-0.3, -0.25) is 4.79 Å². The normalized spacial score (nSPS) is 11.3. The van der Waals surface area contributed by atoms with Gasteiger partial charge in [0.25, 0.3) is 0 Å². The molecule has 0 aliphatic heterocycles. The molecule has 0 atom stereocenters. The number of ether oxygens (including phenoxy) is 1. The summed E-state index contributed by atoms with van der Waals surface area (Å²) < 4.78 is 39.2. The van der Waals surface area contributed by atoms with Gasteiger partial charge in [-0.1, -0.05) is 27.5 Å². The zero-order chi connectivity index (χ0) is 12.3. The number of benzene rings is 1. The zero-order valence-electron chi connectivity index (χ0n) is 7.65. The fourth-order valence-corrected chi connectivity index (χ4v) is 1.57. The maximum absolute atomic E-state index is 11.9. The van der Waals surface area contributed by atoms with Crippen molar-refractivity contribution < 1.29 is 22.7 Å². The lowest BCUT2D eigenvalue weighted by Crippen LogP contribution is -2.17. The Kier molecular flexibility index (Phi) is 4.21. The summed E-state index contributed by atoms with van der Waals surface area (Å²) in [5, 5.41) is -0.0298. The van der Waals surface area contributed by atoms with E-state index in [2.05, 4.69) is 20.7 Å². The molecule has 0 aliphatic carbocycles. The average Bonchev–Trinajstić information content (AvgIpc) is 2.14. The van der Waals surface area contributed by atoms with E-state index in [1.54, 1.807) is 0 Å². The Morgan fingerprint density at radius 2 is 2.06 bits per heavy atom. The number of Topliss-reactive ketones (excluding diaryl/α,β-unsaturated/α-hetero) is 1.